The molecule has 1 aromatic heterocycles. The Morgan fingerprint density at radius 2 is 1.95 bits per heavy atom. The van der Waals surface area contributed by atoms with Gasteiger partial charge in [-0.2, -0.15) is 13.2 Å². The van der Waals surface area contributed by atoms with E-state index in [1.165, 1.54) is 4.90 Å². The maximum absolute atomic E-state index is 12.6. The van der Waals surface area contributed by atoms with E-state index in [2.05, 4.69) is 10.3 Å². The van der Waals surface area contributed by atoms with Crippen molar-refractivity contribution < 1.29 is 13.2 Å². The molecule has 1 N–H and O–H groups in total. The summed E-state index contributed by atoms with van der Waals surface area (Å²) in [6.07, 6.45) is -2.53. The molecule has 0 fully saturated rings. The van der Waals surface area contributed by atoms with Gasteiger partial charge in [0.2, 0.25) is 0 Å². The highest BCUT2D eigenvalue weighted by Gasteiger charge is 2.30. The average molecular weight is 289 g/mol. The predicted octanol–water partition coefficient (Wildman–Crippen LogP) is 3.14. The fourth-order valence-electron chi connectivity index (χ4n) is 2.06. The minimum atomic E-state index is -4.22. The molecule has 0 aliphatic heterocycles. The Bertz CT molecular complexity index is 394. The molecule has 1 aromatic rings. The lowest BCUT2D eigenvalue weighted by atomic mass is 10.1. The Hall–Kier alpha value is -1.30. The molecule has 0 saturated carbocycles. The number of aryl methyl sites for hydroxylation is 1. The molecule has 0 unspecified atom stereocenters. The monoisotopic (exact) mass is 289 g/mol. The van der Waals surface area contributed by atoms with E-state index in [1.54, 1.807) is 13.0 Å². The molecule has 0 amide bonds. The van der Waals surface area contributed by atoms with Crippen molar-refractivity contribution in [2.75, 3.05) is 25.0 Å². The smallest absolute Gasteiger partial charge is 0.348 e. The van der Waals surface area contributed by atoms with E-state index in [0.717, 1.165) is 24.1 Å². The van der Waals surface area contributed by atoms with Gasteiger partial charge in [0.1, 0.15) is 12.4 Å². The maximum Gasteiger partial charge on any atom is 0.405 e. The number of anilines is 1. The van der Waals surface area contributed by atoms with Crippen LogP contribution in [-0.2, 0) is 13.0 Å². The summed E-state index contributed by atoms with van der Waals surface area (Å²) in [5.41, 5.74) is 1.80. The molecule has 0 atom stereocenters. The number of nitrogens with zero attached hydrogens (tertiary/aromatic N) is 2. The molecule has 0 bridgehead atoms. The number of alkyl halides is 3. The molecule has 6 heteroatoms. The molecule has 3 nitrogen and oxygen atoms in total. The molecule has 0 aliphatic rings. The van der Waals surface area contributed by atoms with Crippen LogP contribution in [0.15, 0.2) is 12.1 Å². The number of hydrogen-bond acceptors (Lipinski definition) is 3. The highest BCUT2D eigenvalue weighted by molar-refractivity contribution is 5.43. The normalized spacial score (nSPS) is 11.7. The first-order valence-corrected chi connectivity index (χ1v) is 6.85. The van der Waals surface area contributed by atoms with Gasteiger partial charge in [0.15, 0.2) is 0 Å². The van der Waals surface area contributed by atoms with Crippen LogP contribution >= 0.6 is 0 Å². The number of rotatable bonds is 7. The lowest BCUT2D eigenvalue weighted by molar-refractivity contribution is -0.119. The summed E-state index contributed by atoms with van der Waals surface area (Å²) in [5.74, 6) is 0.404. The summed E-state index contributed by atoms with van der Waals surface area (Å²) in [4.78, 5) is 5.62. The van der Waals surface area contributed by atoms with E-state index in [9.17, 15) is 13.2 Å². The van der Waals surface area contributed by atoms with Gasteiger partial charge in [-0.15, -0.1) is 0 Å². The van der Waals surface area contributed by atoms with Crippen molar-refractivity contribution in [2.24, 2.45) is 0 Å². The standard InChI is InChI=1S/C14H22F3N3/c1-4-6-12-7-11(9-18-3)8-13(19-12)20(5-2)10-14(15,16)17/h7-8,18H,4-6,9-10H2,1-3H3. The van der Waals surface area contributed by atoms with Crippen LogP contribution in [-0.4, -0.2) is 31.3 Å². The molecular formula is C14H22F3N3. The van der Waals surface area contributed by atoms with E-state index in [0.29, 0.717) is 12.4 Å². The molecule has 1 heterocycles. The van der Waals surface area contributed by atoms with Gasteiger partial charge in [-0.05, 0) is 38.1 Å². The van der Waals surface area contributed by atoms with E-state index < -0.39 is 12.7 Å². The summed E-state index contributed by atoms with van der Waals surface area (Å²) in [6, 6.07) is 3.68. The molecule has 114 valence electrons. The van der Waals surface area contributed by atoms with Crippen molar-refractivity contribution in [3.05, 3.63) is 23.4 Å². The van der Waals surface area contributed by atoms with Crippen LogP contribution in [0.3, 0.4) is 0 Å². The average Bonchev–Trinajstić information content (AvgIpc) is 2.35. The summed E-state index contributed by atoms with van der Waals surface area (Å²) < 4.78 is 37.8. The molecular weight excluding hydrogens is 267 g/mol. The minimum Gasteiger partial charge on any atom is -0.348 e. The molecule has 0 aliphatic carbocycles. The fourth-order valence-corrected chi connectivity index (χ4v) is 2.06. The van der Waals surface area contributed by atoms with Gasteiger partial charge in [-0.1, -0.05) is 13.3 Å². The lowest BCUT2D eigenvalue weighted by Crippen LogP contribution is -2.35. The predicted molar refractivity (Wildman–Crippen MR) is 74.9 cm³/mol. The number of halogens is 3. The zero-order valence-electron chi connectivity index (χ0n) is 12.2. The second-order valence-electron chi connectivity index (χ2n) is 4.73. The van der Waals surface area contributed by atoms with Crippen LogP contribution in [0.5, 0.6) is 0 Å². The number of pyridine rings is 1. The van der Waals surface area contributed by atoms with Gasteiger partial charge in [0.05, 0.1) is 0 Å². The summed E-state index contributed by atoms with van der Waals surface area (Å²) in [5, 5.41) is 3.02. The molecule has 0 spiro atoms. The van der Waals surface area contributed by atoms with E-state index in [-0.39, 0.29) is 6.54 Å². The molecule has 0 aromatic carbocycles. The largest absolute Gasteiger partial charge is 0.405 e. The van der Waals surface area contributed by atoms with Gasteiger partial charge < -0.3 is 10.2 Å². The first kappa shape index (κ1) is 16.8. The van der Waals surface area contributed by atoms with Gasteiger partial charge in [0.25, 0.3) is 0 Å². The quantitative estimate of drug-likeness (QED) is 0.836. The zero-order chi connectivity index (χ0) is 15.2. The Morgan fingerprint density at radius 1 is 1.25 bits per heavy atom. The Labute approximate surface area is 118 Å². The van der Waals surface area contributed by atoms with Crippen molar-refractivity contribution >= 4 is 5.82 Å². The van der Waals surface area contributed by atoms with Gasteiger partial charge in [-0.3, -0.25) is 0 Å². The Kier molecular flexibility index (Phi) is 6.26. The van der Waals surface area contributed by atoms with Crippen molar-refractivity contribution in [1.82, 2.24) is 10.3 Å². The van der Waals surface area contributed by atoms with E-state index >= 15 is 0 Å². The van der Waals surface area contributed by atoms with Crippen LogP contribution in [0.4, 0.5) is 19.0 Å². The summed E-state index contributed by atoms with van der Waals surface area (Å²) in [6.45, 7) is 3.67. The fraction of sp³-hybridized carbons (Fsp3) is 0.643. The van der Waals surface area contributed by atoms with E-state index in [4.69, 9.17) is 0 Å². The zero-order valence-corrected chi connectivity index (χ0v) is 12.2. The molecule has 1 rings (SSSR count). The van der Waals surface area contributed by atoms with Crippen molar-refractivity contribution in [3.8, 4) is 0 Å². The van der Waals surface area contributed by atoms with Crippen LogP contribution in [0.25, 0.3) is 0 Å². The minimum absolute atomic E-state index is 0.279. The summed E-state index contributed by atoms with van der Waals surface area (Å²) >= 11 is 0. The summed E-state index contributed by atoms with van der Waals surface area (Å²) in [7, 11) is 1.81. The van der Waals surface area contributed by atoms with Crippen LogP contribution in [0, 0.1) is 0 Å². The number of hydrogen-bond donors (Lipinski definition) is 1. The SMILES string of the molecule is CCCc1cc(CNC)cc(N(CC)CC(F)(F)F)n1. The first-order chi connectivity index (χ1) is 9.39. The topological polar surface area (TPSA) is 28.2 Å². The molecule has 0 radical (unpaired) electrons. The van der Waals surface area contributed by atoms with Crippen molar-refractivity contribution in [1.29, 1.82) is 0 Å². The Morgan fingerprint density at radius 3 is 2.45 bits per heavy atom. The third-order valence-electron chi connectivity index (χ3n) is 2.89. The second-order valence-corrected chi connectivity index (χ2v) is 4.73. The highest BCUT2D eigenvalue weighted by Crippen LogP contribution is 2.22. The third-order valence-corrected chi connectivity index (χ3v) is 2.89. The van der Waals surface area contributed by atoms with Gasteiger partial charge in [0, 0.05) is 18.8 Å². The first-order valence-electron chi connectivity index (χ1n) is 6.85. The molecule has 20 heavy (non-hydrogen) atoms. The van der Waals surface area contributed by atoms with Crippen LogP contribution in [0.1, 0.15) is 31.5 Å². The van der Waals surface area contributed by atoms with Crippen molar-refractivity contribution in [3.63, 3.8) is 0 Å². The molecule has 0 saturated heterocycles. The maximum atomic E-state index is 12.6. The number of nitrogens with one attached hydrogen (secondary N) is 1. The van der Waals surface area contributed by atoms with Gasteiger partial charge >= 0.3 is 6.18 Å². The van der Waals surface area contributed by atoms with Crippen LogP contribution < -0.4 is 10.2 Å². The van der Waals surface area contributed by atoms with E-state index in [1.807, 2.05) is 20.0 Å². The van der Waals surface area contributed by atoms with Gasteiger partial charge in [-0.25, -0.2) is 4.98 Å². The number of aromatic nitrogens is 1. The third kappa shape index (κ3) is 5.36. The van der Waals surface area contributed by atoms with Crippen LogP contribution in [0.2, 0.25) is 0 Å². The highest BCUT2D eigenvalue weighted by atomic mass is 19.4. The second kappa shape index (κ2) is 7.47. The van der Waals surface area contributed by atoms with Crippen molar-refractivity contribution in [2.45, 2.75) is 39.4 Å². The Balaban J connectivity index is 3.06. The lowest BCUT2D eigenvalue weighted by Gasteiger charge is -2.24.